The number of ketones is 1. The molecule has 4 rings (SSSR count). The van der Waals surface area contributed by atoms with E-state index in [1.165, 1.54) is 18.2 Å². The van der Waals surface area contributed by atoms with Gasteiger partial charge in [-0.2, -0.15) is 0 Å². The van der Waals surface area contributed by atoms with E-state index in [4.69, 9.17) is 16.3 Å². The van der Waals surface area contributed by atoms with Crippen LogP contribution in [0.5, 0.6) is 0 Å². The van der Waals surface area contributed by atoms with Crippen LogP contribution in [0.25, 0.3) is 0 Å². The van der Waals surface area contributed by atoms with Crippen LogP contribution in [0.3, 0.4) is 0 Å². The summed E-state index contributed by atoms with van der Waals surface area (Å²) in [6.07, 6.45) is 0. The van der Waals surface area contributed by atoms with Gasteiger partial charge in [-0.3, -0.25) is 24.1 Å². The van der Waals surface area contributed by atoms with Gasteiger partial charge in [-0.1, -0.05) is 55.8 Å². The number of ether oxygens (including phenoxy) is 1. The Labute approximate surface area is 273 Å². The predicted molar refractivity (Wildman–Crippen MR) is 167 cm³/mol. The Morgan fingerprint density at radius 3 is 1.98 bits per heavy atom. The van der Waals surface area contributed by atoms with Crippen LogP contribution in [-0.2, 0) is 14.3 Å². The van der Waals surface area contributed by atoms with Crippen LogP contribution in [-0.4, -0.2) is 47.0 Å². The first-order valence-corrected chi connectivity index (χ1v) is 15.5. The molecule has 3 aromatic carbocycles. The number of anilines is 1. The molecule has 0 aliphatic carbocycles. The molecule has 0 saturated heterocycles. The molecule has 0 spiro atoms. The van der Waals surface area contributed by atoms with E-state index in [1.54, 1.807) is 44.2 Å². The van der Waals surface area contributed by atoms with Crippen molar-refractivity contribution in [2.24, 2.45) is 5.92 Å². The van der Waals surface area contributed by atoms with Gasteiger partial charge >= 0.3 is 5.97 Å². The summed E-state index contributed by atoms with van der Waals surface area (Å²) in [5, 5.41) is 2.87. The maximum Gasteiger partial charge on any atom is 0.330 e. The lowest BCUT2D eigenvalue weighted by molar-refractivity contribution is -0.152. The third kappa shape index (κ3) is 6.22. The molecule has 1 aliphatic rings. The van der Waals surface area contributed by atoms with Crippen molar-refractivity contribution in [1.29, 1.82) is 0 Å². The number of carbonyl (C=O) groups excluding carboxylic acids is 5. The summed E-state index contributed by atoms with van der Waals surface area (Å²) in [7, 11) is 0. The molecule has 212 valence electrons. The van der Waals surface area contributed by atoms with Crippen molar-refractivity contribution < 1.29 is 28.7 Å². The molecular formula is C28H19Br4ClN2O6. The fourth-order valence-electron chi connectivity index (χ4n) is 4.26. The molecule has 13 heteroatoms. The Hall–Kier alpha value is -2.38. The summed E-state index contributed by atoms with van der Waals surface area (Å²) in [5.74, 6) is -3.94. The molecule has 0 fully saturated rings. The number of amides is 3. The van der Waals surface area contributed by atoms with E-state index in [2.05, 4.69) is 69.0 Å². The first kappa shape index (κ1) is 31.6. The number of esters is 1. The number of benzene rings is 3. The number of rotatable bonds is 8. The van der Waals surface area contributed by atoms with Crippen LogP contribution in [0, 0.1) is 5.92 Å². The average Bonchev–Trinajstić information content (AvgIpc) is 3.20. The highest BCUT2D eigenvalue weighted by Gasteiger charge is 2.48. The molecule has 0 bridgehead atoms. The van der Waals surface area contributed by atoms with Gasteiger partial charge in [0.2, 0.25) is 0 Å². The Morgan fingerprint density at radius 1 is 0.878 bits per heavy atom. The number of halogens is 5. The van der Waals surface area contributed by atoms with E-state index in [1.807, 2.05) is 0 Å². The van der Waals surface area contributed by atoms with Crippen molar-refractivity contribution in [1.82, 2.24) is 4.90 Å². The molecule has 0 unspecified atom stereocenters. The van der Waals surface area contributed by atoms with Crippen LogP contribution in [0.1, 0.15) is 50.5 Å². The standard InChI is InChI=1S/C28H19Br4ClN2O6/c1-12(2)24(35-26(38)18-19(27(35)39)21(30)23(32)22(31)20(18)29)28(40)41-11-17(36)34-16-9-8-14(33)10-15(16)25(37)13-6-4-3-5-7-13/h3-10,12,24H,11H2,1-2H3,(H,34,36)/t24-/m0/s1. The van der Waals surface area contributed by atoms with E-state index in [0.717, 1.165) is 4.90 Å². The zero-order valence-electron chi connectivity index (χ0n) is 21.3. The quantitative estimate of drug-likeness (QED) is 0.0833. The van der Waals surface area contributed by atoms with Crippen molar-refractivity contribution in [2.45, 2.75) is 19.9 Å². The molecule has 1 N–H and O–H groups in total. The van der Waals surface area contributed by atoms with Crippen molar-refractivity contribution >= 4 is 110 Å². The Balaban J connectivity index is 1.52. The van der Waals surface area contributed by atoms with Gasteiger partial charge < -0.3 is 10.1 Å². The highest BCUT2D eigenvalue weighted by Crippen LogP contribution is 2.46. The zero-order valence-corrected chi connectivity index (χ0v) is 28.4. The van der Waals surface area contributed by atoms with E-state index in [0.29, 0.717) is 28.5 Å². The van der Waals surface area contributed by atoms with Crippen molar-refractivity contribution in [3.63, 3.8) is 0 Å². The van der Waals surface area contributed by atoms with Gasteiger partial charge in [0.1, 0.15) is 6.04 Å². The van der Waals surface area contributed by atoms with Gasteiger partial charge in [-0.15, -0.1) is 0 Å². The second kappa shape index (κ2) is 12.9. The molecule has 1 aliphatic heterocycles. The van der Waals surface area contributed by atoms with E-state index in [-0.39, 0.29) is 28.2 Å². The van der Waals surface area contributed by atoms with E-state index < -0.39 is 42.3 Å². The highest BCUT2D eigenvalue weighted by molar-refractivity contribution is 9.15. The van der Waals surface area contributed by atoms with Gasteiger partial charge in [0.15, 0.2) is 12.4 Å². The molecule has 0 saturated carbocycles. The minimum Gasteiger partial charge on any atom is -0.454 e. The second-order valence-corrected chi connectivity index (χ2v) is 12.8. The summed E-state index contributed by atoms with van der Waals surface area (Å²) in [6.45, 7) is 2.58. The van der Waals surface area contributed by atoms with Gasteiger partial charge in [-0.05, 0) is 87.8 Å². The average molecular weight is 835 g/mol. The molecular weight excluding hydrogens is 815 g/mol. The SMILES string of the molecule is CC(C)[C@@H](C(=O)OCC(=O)Nc1ccc(Cl)cc1C(=O)c1ccccc1)N1C(=O)c2c(Br)c(Br)c(Br)c(Br)c2C1=O. The minimum atomic E-state index is -1.31. The van der Waals surface area contributed by atoms with Gasteiger partial charge in [-0.25, -0.2) is 4.79 Å². The third-order valence-corrected chi connectivity index (χ3v) is 11.2. The number of imide groups is 1. The Kier molecular flexibility index (Phi) is 9.90. The van der Waals surface area contributed by atoms with Crippen molar-refractivity contribution in [3.05, 3.63) is 93.7 Å². The third-order valence-electron chi connectivity index (χ3n) is 6.17. The van der Waals surface area contributed by atoms with Crippen molar-refractivity contribution in [2.75, 3.05) is 11.9 Å². The molecule has 41 heavy (non-hydrogen) atoms. The predicted octanol–water partition coefficient (Wildman–Crippen LogP) is 7.42. The van der Waals surface area contributed by atoms with Crippen LogP contribution in [0.2, 0.25) is 5.02 Å². The van der Waals surface area contributed by atoms with E-state index >= 15 is 0 Å². The van der Waals surface area contributed by atoms with Crippen LogP contribution < -0.4 is 5.32 Å². The number of hydrogen-bond acceptors (Lipinski definition) is 6. The number of hydrogen-bond donors (Lipinski definition) is 1. The maximum absolute atomic E-state index is 13.4. The minimum absolute atomic E-state index is 0.0893. The lowest BCUT2D eigenvalue weighted by atomic mass is 10.0. The summed E-state index contributed by atoms with van der Waals surface area (Å²) < 4.78 is 7.00. The number of nitrogens with zero attached hydrogens (tertiary/aromatic N) is 1. The Bertz CT molecular complexity index is 1570. The van der Waals surface area contributed by atoms with Crippen LogP contribution in [0.15, 0.2) is 66.4 Å². The molecule has 3 aromatic rings. The van der Waals surface area contributed by atoms with Gasteiger partial charge in [0.05, 0.1) is 16.8 Å². The maximum atomic E-state index is 13.4. The highest BCUT2D eigenvalue weighted by atomic mass is 79.9. The molecule has 1 atom stereocenters. The van der Waals surface area contributed by atoms with Gasteiger partial charge in [0.25, 0.3) is 17.7 Å². The van der Waals surface area contributed by atoms with Gasteiger partial charge in [0, 0.05) is 34.0 Å². The Morgan fingerprint density at radius 2 is 1.44 bits per heavy atom. The number of fused-ring (bicyclic) bond motifs is 1. The fraction of sp³-hybridized carbons (Fsp3) is 0.179. The first-order chi connectivity index (χ1) is 19.3. The molecule has 8 nitrogen and oxygen atoms in total. The summed E-state index contributed by atoms with van der Waals surface area (Å²) in [6, 6.07) is 11.6. The molecule has 0 radical (unpaired) electrons. The summed E-state index contributed by atoms with van der Waals surface area (Å²) in [5.41, 5.74) is 0.909. The largest absolute Gasteiger partial charge is 0.454 e. The fourth-order valence-corrected chi connectivity index (χ4v) is 6.89. The normalized spacial score (nSPS) is 13.3. The number of carbonyl (C=O) groups is 5. The first-order valence-electron chi connectivity index (χ1n) is 11.9. The lowest BCUT2D eigenvalue weighted by Crippen LogP contribution is -2.49. The van der Waals surface area contributed by atoms with Crippen LogP contribution >= 0.6 is 75.3 Å². The molecule has 3 amide bonds. The smallest absolute Gasteiger partial charge is 0.330 e. The zero-order chi connectivity index (χ0) is 30.2. The lowest BCUT2D eigenvalue weighted by Gasteiger charge is -2.27. The number of nitrogens with one attached hydrogen (secondary N) is 1. The topological polar surface area (TPSA) is 110 Å². The molecule has 1 heterocycles. The summed E-state index contributed by atoms with van der Waals surface area (Å²) >= 11 is 19.6. The van der Waals surface area contributed by atoms with Crippen LogP contribution in [0.4, 0.5) is 5.69 Å². The summed E-state index contributed by atoms with van der Waals surface area (Å²) in [4.78, 5) is 66.7. The van der Waals surface area contributed by atoms with E-state index in [9.17, 15) is 24.0 Å². The molecule has 0 aromatic heterocycles. The monoisotopic (exact) mass is 830 g/mol. The van der Waals surface area contributed by atoms with Crippen molar-refractivity contribution in [3.8, 4) is 0 Å². The second-order valence-electron chi connectivity index (χ2n) is 9.22.